The third-order valence-electron chi connectivity index (χ3n) is 14.1. The highest BCUT2D eigenvalue weighted by molar-refractivity contribution is 6.67. The summed E-state index contributed by atoms with van der Waals surface area (Å²) >= 11 is 0. The molecule has 0 aliphatic carbocycles. The Balaban J connectivity index is 0. The van der Waals surface area contributed by atoms with E-state index in [0.29, 0.717) is 0 Å². The molecule has 0 saturated heterocycles. The molecule has 0 radical (unpaired) electrons. The molecule has 424 valence electrons. The largest absolute Gasteiger partial charge is 0.395 e. The van der Waals surface area contributed by atoms with E-state index < -0.39 is 34.2 Å². The minimum absolute atomic E-state index is 0.121. The van der Waals surface area contributed by atoms with Gasteiger partial charge >= 0.3 is 34.2 Å². The lowest BCUT2D eigenvalue weighted by Gasteiger charge is -2.33. The van der Waals surface area contributed by atoms with Gasteiger partial charge in [0.2, 0.25) is 0 Å². The first-order chi connectivity index (χ1) is 33.4. The van der Waals surface area contributed by atoms with Gasteiger partial charge in [0.15, 0.2) is 0 Å². The molecule has 0 bridgehead atoms. The zero-order valence-corrected chi connectivity index (χ0v) is 52.9. The van der Waals surface area contributed by atoms with E-state index in [0.717, 1.165) is 161 Å². The first kappa shape index (κ1) is 72.5. The second kappa shape index (κ2) is 45.6. The van der Waals surface area contributed by atoms with E-state index >= 15 is 0 Å². The van der Waals surface area contributed by atoms with Crippen molar-refractivity contribution in [2.45, 2.75) is 284 Å². The Labute approximate surface area is 440 Å². The van der Waals surface area contributed by atoms with E-state index in [-0.39, 0.29) is 11.1 Å². The van der Waals surface area contributed by atoms with Crippen molar-refractivity contribution in [3.05, 3.63) is 0 Å². The summed E-state index contributed by atoms with van der Waals surface area (Å²) in [6.07, 6.45) is 31.2. The van der Waals surface area contributed by atoms with E-state index in [1.807, 2.05) is 0 Å². The van der Waals surface area contributed by atoms with Crippen LogP contribution in [-0.2, 0) is 35.4 Å². The van der Waals surface area contributed by atoms with Gasteiger partial charge in [0.1, 0.15) is 0 Å². The summed E-state index contributed by atoms with van der Waals surface area (Å²) in [5, 5.41) is 0. The van der Waals surface area contributed by atoms with Crippen molar-refractivity contribution in [2.24, 2.45) is 22.9 Å². The molecule has 0 aromatic heterocycles. The summed E-state index contributed by atoms with van der Waals surface area (Å²) in [5.41, 5.74) is 25.1. The van der Waals surface area contributed by atoms with E-state index in [9.17, 15) is 0 Å². The van der Waals surface area contributed by atoms with Gasteiger partial charge in [-0.05, 0) is 196 Å². The van der Waals surface area contributed by atoms with Gasteiger partial charge in [-0.1, -0.05) is 89.9 Å². The summed E-state index contributed by atoms with van der Waals surface area (Å²) in [7, 11) is -8.36. The summed E-state index contributed by atoms with van der Waals surface area (Å²) in [5.74, 6) is 0. The Morgan fingerprint density at radius 1 is 0.257 bits per heavy atom. The van der Waals surface area contributed by atoms with Crippen LogP contribution >= 0.6 is 0 Å². The Morgan fingerprint density at radius 3 is 0.586 bits per heavy atom. The average Bonchev–Trinajstić information content (AvgIpc) is 3.29. The Kier molecular flexibility index (Phi) is 47.2. The van der Waals surface area contributed by atoms with E-state index in [2.05, 4.69) is 81.6 Å². The van der Waals surface area contributed by atoms with Gasteiger partial charge in [0, 0.05) is 63.9 Å². The fraction of sp³-hybridized carbons (Fsp3) is 1.00. The topological polar surface area (TPSA) is 178 Å². The van der Waals surface area contributed by atoms with Gasteiger partial charge in [-0.25, -0.2) is 0 Å². The van der Waals surface area contributed by atoms with Gasteiger partial charge in [-0.2, -0.15) is 0 Å². The molecule has 0 aliphatic rings. The van der Waals surface area contributed by atoms with Crippen molar-refractivity contribution in [1.82, 2.24) is 0 Å². The lowest BCUT2D eigenvalue weighted by molar-refractivity contribution is 0.183. The zero-order valence-electron chi connectivity index (χ0n) is 48.9. The quantitative estimate of drug-likeness (QED) is 0.0335. The number of hydrogen-bond donors (Lipinski definition) is 4. The maximum absolute atomic E-state index is 7.12. The summed E-state index contributed by atoms with van der Waals surface area (Å²) < 4.78 is 48.5. The van der Waals surface area contributed by atoms with Gasteiger partial charge in [-0.15, -0.1) is 0 Å². The summed E-state index contributed by atoms with van der Waals surface area (Å²) in [6.45, 7) is 32.7. The molecule has 0 aromatic carbocycles. The van der Waals surface area contributed by atoms with Crippen LogP contribution in [0.15, 0.2) is 0 Å². The van der Waals surface area contributed by atoms with Crippen LogP contribution in [0, 0.1) is 0 Å². The molecule has 0 saturated carbocycles. The number of hydrogen-bond acceptors (Lipinski definition) is 12. The molecule has 0 amide bonds. The summed E-state index contributed by atoms with van der Waals surface area (Å²) in [6, 6.07) is 4.06. The predicted molar refractivity (Wildman–Crippen MR) is 311 cm³/mol. The molecule has 0 aliphatic heterocycles. The molecule has 0 rings (SSSR count). The van der Waals surface area contributed by atoms with Gasteiger partial charge < -0.3 is 58.3 Å². The minimum Gasteiger partial charge on any atom is -0.395 e. The number of rotatable bonds is 52. The third kappa shape index (κ3) is 39.8. The molecular formula is C54H124N4O8Si4. The molecule has 0 aromatic rings. The second-order valence-electron chi connectivity index (χ2n) is 20.9. The number of nitrogens with two attached hydrogens (primary N) is 4. The van der Waals surface area contributed by atoms with Crippen LogP contribution in [0.25, 0.3) is 0 Å². The highest BCUT2D eigenvalue weighted by Crippen LogP contribution is 2.32. The molecule has 8 N–H and O–H groups in total. The van der Waals surface area contributed by atoms with Crippen LogP contribution in [0.1, 0.15) is 222 Å². The van der Waals surface area contributed by atoms with Crippen molar-refractivity contribution in [3.63, 3.8) is 0 Å². The molecule has 0 atom stereocenters. The molecule has 0 fully saturated rings. The lowest BCUT2D eigenvalue weighted by Crippen LogP contribution is -2.43. The standard InChI is InChI=1S/C28H64N2O4Si2.C26H60N2O4Si2/c1-7-31-35(5,32-8-2)26-20-23-28(30,24-21-27-36(6,33-9-3)34-10-4)22-18-16-14-12-11-13-15-17-19-25-29;1-7-29-33(5,30-8-2)24-18-21-26(28,20-16-14-12-11-13-15-17-23-27)22-19-25-34(6,31-9-3)32-10-4/h7-27,29-30H2,1-6H3;7-25,27-28H2,1-6H3. The molecule has 0 spiro atoms. The van der Waals surface area contributed by atoms with Crippen molar-refractivity contribution >= 4 is 34.2 Å². The van der Waals surface area contributed by atoms with Crippen molar-refractivity contribution < 1.29 is 35.4 Å². The van der Waals surface area contributed by atoms with E-state index in [1.165, 1.54) is 96.3 Å². The normalized spacial score (nSPS) is 13.0. The monoisotopic (exact) mass is 1070 g/mol. The Hall–Kier alpha value is 0.388. The van der Waals surface area contributed by atoms with Crippen LogP contribution in [-0.4, -0.2) is 111 Å². The van der Waals surface area contributed by atoms with Crippen LogP contribution < -0.4 is 22.9 Å². The smallest absolute Gasteiger partial charge is 0.334 e. The fourth-order valence-electron chi connectivity index (χ4n) is 10.3. The number of unbranched alkanes of at least 4 members (excludes halogenated alkanes) is 14. The minimum atomic E-state index is -2.09. The molecule has 0 heterocycles. The van der Waals surface area contributed by atoms with Crippen LogP contribution in [0.4, 0.5) is 0 Å². The fourth-order valence-corrected chi connectivity index (χ4v) is 20.0. The van der Waals surface area contributed by atoms with E-state index in [4.69, 9.17) is 58.3 Å². The first-order valence-corrected chi connectivity index (χ1v) is 39.6. The maximum atomic E-state index is 7.12. The molecule has 16 heteroatoms. The third-order valence-corrected chi connectivity index (χ3v) is 26.3. The average molecular weight is 1070 g/mol. The van der Waals surface area contributed by atoms with E-state index in [1.54, 1.807) is 0 Å². The molecular weight excluding hydrogens is 945 g/mol. The zero-order chi connectivity index (χ0) is 52.9. The van der Waals surface area contributed by atoms with Gasteiger partial charge in [0.05, 0.1) is 0 Å². The maximum Gasteiger partial charge on any atom is 0.334 e. The molecule has 12 nitrogen and oxygen atoms in total. The van der Waals surface area contributed by atoms with Crippen LogP contribution in [0.2, 0.25) is 50.4 Å². The van der Waals surface area contributed by atoms with Crippen molar-refractivity contribution in [1.29, 1.82) is 0 Å². The second-order valence-corrected chi connectivity index (χ2v) is 34.3. The Bertz CT molecular complexity index is 1060. The van der Waals surface area contributed by atoms with Gasteiger partial charge in [-0.3, -0.25) is 0 Å². The van der Waals surface area contributed by atoms with Crippen molar-refractivity contribution in [3.8, 4) is 0 Å². The van der Waals surface area contributed by atoms with Gasteiger partial charge in [0.25, 0.3) is 0 Å². The highest BCUT2D eigenvalue weighted by atomic mass is 28.4. The first-order valence-electron chi connectivity index (χ1n) is 29.5. The Morgan fingerprint density at radius 2 is 0.414 bits per heavy atom. The predicted octanol–water partition coefficient (Wildman–Crippen LogP) is 14.0. The van der Waals surface area contributed by atoms with Crippen LogP contribution in [0.5, 0.6) is 0 Å². The lowest BCUT2D eigenvalue weighted by atomic mass is 9.84. The van der Waals surface area contributed by atoms with Crippen molar-refractivity contribution in [2.75, 3.05) is 65.9 Å². The molecule has 70 heavy (non-hydrogen) atoms. The molecule has 0 unspecified atom stereocenters. The SMILES string of the molecule is CCO[Si](C)(CCCC(N)(CCCCCCCCCCCN)CCC[Si](C)(OCC)OCC)OCC.CCO[Si](C)(CCCC(N)(CCCCCCCCCN)CCC[Si](C)(OCC)OCC)OCC. The summed E-state index contributed by atoms with van der Waals surface area (Å²) in [4.78, 5) is 0. The highest BCUT2D eigenvalue weighted by Gasteiger charge is 2.36. The van der Waals surface area contributed by atoms with Crippen LogP contribution in [0.3, 0.4) is 0 Å².